The van der Waals surface area contributed by atoms with Crippen LogP contribution in [0.5, 0.6) is 0 Å². The van der Waals surface area contributed by atoms with Crippen LogP contribution in [-0.4, -0.2) is 17.2 Å². The zero-order valence-electron chi connectivity index (χ0n) is 14.0. The molecule has 0 amide bonds. The van der Waals surface area contributed by atoms with E-state index < -0.39 is 17.7 Å². The summed E-state index contributed by atoms with van der Waals surface area (Å²) in [6.07, 6.45) is -2.17. The number of nitrogens with zero attached hydrogens (tertiary/aromatic N) is 1. The van der Waals surface area contributed by atoms with Crippen LogP contribution in [-0.2, 0) is 12.6 Å². The second-order valence-corrected chi connectivity index (χ2v) is 7.56. The number of aromatic nitrogens is 1. The van der Waals surface area contributed by atoms with Crippen LogP contribution in [0.4, 0.5) is 13.2 Å². The number of benzene rings is 2. The maximum atomic E-state index is 12.7. The highest BCUT2D eigenvalue weighted by Crippen LogP contribution is 2.33. The van der Waals surface area contributed by atoms with Crippen molar-refractivity contribution in [1.29, 1.82) is 0 Å². The number of carbonyl (C=O) groups is 1. The van der Waals surface area contributed by atoms with Crippen LogP contribution in [0.2, 0.25) is 0 Å². The van der Waals surface area contributed by atoms with E-state index in [1.165, 1.54) is 12.1 Å². The number of carbonyl (C=O) groups excluding carboxylic acids is 1. The Balaban J connectivity index is 1.91. The fraction of sp³-hybridized carbons (Fsp3) is 0.158. The maximum Gasteiger partial charge on any atom is 0.416 e. The van der Waals surface area contributed by atoms with Gasteiger partial charge in [-0.15, -0.1) is 23.1 Å². The lowest BCUT2D eigenvalue weighted by atomic mass is 10.1. The molecule has 3 rings (SSSR count). The summed E-state index contributed by atoms with van der Waals surface area (Å²) in [6.45, 7) is 0. The number of carboxylic acids is 1. The number of thiazole rings is 1. The second kappa shape index (κ2) is 7.74. The second-order valence-electron chi connectivity index (χ2n) is 5.68. The first-order chi connectivity index (χ1) is 12.8. The Morgan fingerprint density at radius 3 is 2.26 bits per heavy atom. The van der Waals surface area contributed by atoms with Gasteiger partial charge in [-0.25, -0.2) is 4.98 Å². The highest BCUT2D eigenvalue weighted by atomic mass is 32.2. The van der Waals surface area contributed by atoms with Gasteiger partial charge in [0.25, 0.3) is 0 Å². The Kier molecular flexibility index (Phi) is 5.57. The van der Waals surface area contributed by atoms with E-state index in [9.17, 15) is 23.1 Å². The van der Waals surface area contributed by atoms with Gasteiger partial charge in [0.1, 0.15) is 5.01 Å². The van der Waals surface area contributed by atoms with Gasteiger partial charge in [0.2, 0.25) is 0 Å². The number of rotatable bonds is 5. The Labute approximate surface area is 161 Å². The molecule has 0 aliphatic rings. The molecule has 0 aliphatic carbocycles. The number of hydrogen-bond donors (Lipinski definition) is 0. The molecule has 0 fully saturated rings. The van der Waals surface area contributed by atoms with Gasteiger partial charge in [0, 0.05) is 16.9 Å². The Morgan fingerprint density at radius 1 is 1.11 bits per heavy atom. The van der Waals surface area contributed by atoms with E-state index >= 15 is 0 Å². The summed E-state index contributed by atoms with van der Waals surface area (Å²) >= 11 is 2.50. The van der Waals surface area contributed by atoms with Crippen LogP contribution in [0.3, 0.4) is 0 Å². The van der Waals surface area contributed by atoms with Crippen LogP contribution < -0.4 is 5.11 Å². The van der Waals surface area contributed by atoms with Crippen LogP contribution in [0.25, 0.3) is 10.6 Å². The predicted molar refractivity (Wildman–Crippen MR) is 97.9 cm³/mol. The first-order valence-electron chi connectivity index (χ1n) is 7.79. The SMILES string of the molecule is CSc1ccc(Cc2nc(-c3ccc(C(F)(F)F)cc3)sc2C(=O)[O-])cc1. The van der Waals surface area contributed by atoms with Crippen molar-refractivity contribution < 1.29 is 23.1 Å². The van der Waals surface area contributed by atoms with Crippen LogP contribution in [0, 0.1) is 0 Å². The van der Waals surface area contributed by atoms with E-state index in [1.54, 1.807) is 11.8 Å². The van der Waals surface area contributed by atoms with Crippen molar-refractivity contribution in [2.45, 2.75) is 17.5 Å². The molecular weight excluding hydrogens is 395 g/mol. The molecule has 8 heteroatoms. The largest absolute Gasteiger partial charge is 0.544 e. The van der Waals surface area contributed by atoms with Crippen molar-refractivity contribution in [2.24, 2.45) is 0 Å². The summed E-state index contributed by atoms with van der Waals surface area (Å²) in [7, 11) is 0. The molecule has 0 radical (unpaired) electrons. The first kappa shape index (κ1) is 19.4. The lowest BCUT2D eigenvalue weighted by Gasteiger charge is -2.06. The molecule has 0 saturated heterocycles. The molecule has 0 atom stereocenters. The summed E-state index contributed by atoms with van der Waals surface area (Å²) in [4.78, 5) is 16.9. The third kappa shape index (κ3) is 4.51. The van der Waals surface area contributed by atoms with Crippen molar-refractivity contribution in [1.82, 2.24) is 4.98 Å². The molecule has 1 aromatic heterocycles. The summed E-state index contributed by atoms with van der Waals surface area (Å²) in [6, 6.07) is 12.1. The monoisotopic (exact) mass is 408 g/mol. The minimum Gasteiger partial charge on any atom is -0.544 e. The third-order valence-electron chi connectivity index (χ3n) is 3.87. The molecule has 3 nitrogen and oxygen atoms in total. The zero-order chi connectivity index (χ0) is 19.6. The van der Waals surface area contributed by atoms with Gasteiger partial charge in [0.05, 0.1) is 22.1 Å². The predicted octanol–water partition coefficient (Wildman–Crippen LogP) is 4.51. The molecule has 3 aromatic rings. The number of hydrogen-bond acceptors (Lipinski definition) is 5. The van der Waals surface area contributed by atoms with E-state index in [2.05, 4.69) is 4.98 Å². The van der Waals surface area contributed by atoms with Gasteiger partial charge in [-0.05, 0) is 36.1 Å². The normalized spacial score (nSPS) is 11.6. The minimum atomic E-state index is -4.42. The Hall–Kier alpha value is -2.32. The van der Waals surface area contributed by atoms with Crippen molar-refractivity contribution in [3.8, 4) is 10.6 Å². The molecule has 1 heterocycles. The summed E-state index contributed by atoms with van der Waals surface area (Å²) in [5.74, 6) is -1.35. The zero-order valence-corrected chi connectivity index (χ0v) is 15.7. The number of thioether (sulfide) groups is 1. The molecule has 0 saturated carbocycles. The third-order valence-corrected chi connectivity index (χ3v) is 5.74. The summed E-state index contributed by atoms with van der Waals surface area (Å²) < 4.78 is 38.1. The van der Waals surface area contributed by atoms with Crippen molar-refractivity contribution in [2.75, 3.05) is 6.26 Å². The lowest BCUT2D eigenvalue weighted by Crippen LogP contribution is -2.22. The molecule has 0 aliphatic heterocycles. The van der Waals surface area contributed by atoms with E-state index in [1.807, 2.05) is 30.5 Å². The van der Waals surface area contributed by atoms with E-state index in [0.29, 0.717) is 22.7 Å². The van der Waals surface area contributed by atoms with Gasteiger partial charge in [-0.1, -0.05) is 24.3 Å². The van der Waals surface area contributed by atoms with Crippen LogP contribution >= 0.6 is 23.1 Å². The minimum absolute atomic E-state index is 0.0150. The van der Waals surface area contributed by atoms with Gasteiger partial charge in [0.15, 0.2) is 0 Å². The molecular formula is C19H13F3NO2S2-. The number of aromatic carboxylic acids is 1. The summed E-state index contributed by atoms with van der Waals surface area (Å²) in [5.41, 5.74) is 0.892. The number of halogens is 3. The quantitative estimate of drug-likeness (QED) is 0.583. The molecule has 0 N–H and O–H groups in total. The van der Waals surface area contributed by atoms with Gasteiger partial charge in [-0.2, -0.15) is 13.2 Å². The van der Waals surface area contributed by atoms with Crippen molar-refractivity contribution >= 4 is 29.1 Å². The van der Waals surface area contributed by atoms with Crippen molar-refractivity contribution in [3.05, 3.63) is 70.2 Å². The van der Waals surface area contributed by atoms with Gasteiger partial charge in [-0.3, -0.25) is 0 Å². The Bertz CT molecular complexity index is 949. The summed E-state index contributed by atoms with van der Waals surface area (Å²) in [5, 5.41) is 11.8. The van der Waals surface area contributed by atoms with Gasteiger partial charge >= 0.3 is 6.18 Å². The van der Waals surface area contributed by atoms with Crippen LogP contribution in [0.15, 0.2) is 53.4 Å². The average Bonchev–Trinajstić information content (AvgIpc) is 3.06. The van der Waals surface area contributed by atoms with E-state index in [0.717, 1.165) is 33.9 Å². The van der Waals surface area contributed by atoms with E-state index in [4.69, 9.17) is 0 Å². The van der Waals surface area contributed by atoms with Crippen LogP contribution in [0.1, 0.15) is 26.5 Å². The molecule has 0 unspecified atom stereocenters. The molecule has 27 heavy (non-hydrogen) atoms. The molecule has 0 bridgehead atoms. The fourth-order valence-corrected chi connectivity index (χ4v) is 3.82. The molecule has 140 valence electrons. The van der Waals surface area contributed by atoms with E-state index in [-0.39, 0.29) is 4.88 Å². The fourth-order valence-electron chi connectivity index (χ4n) is 2.49. The smallest absolute Gasteiger partial charge is 0.416 e. The maximum absolute atomic E-state index is 12.7. The Morgan fingerprint density at radius 2 is 1.74 bits per heavy atom. The average molecular weight is 408 g/mol. The number of alkyl halides is 3. The standard InChI is InChI=1S/C19H14F3NO2S2/c1-26-14-8-2-11(3-9-14)10-15-16(18(24)25)27-17(23-15)12-4-6-13(7-5-12)19(20,21)22/h2-9H,10H2,1H3,(H,24,25)/p-1. The highest BCUT2D eigenvalue weighted by molar-refractivity contribution is 7.98. The first-order valence-corrected chi connectivity index (χ1v) is 9.83. The number of carboxylic acid groups (broad SMARTS) is 1. The lowest BCUT2D eigenvalue weighted by molar-refractivity contribution is -0.254. The van der Waals surface area contributed by atoms with Crippen molar-refractivity contribution in [3.63, 3.8) is 0 Å². The highest BCUT2D eigenvalue weighted by Gasteiger charge is 2.30. The molecule has 0 spiro atoms. The van der Waals surface area contributed by atoms with Gasteiger partial charge < -0.3 is 9.90 Å². The molecule has 2 aromatic carbocycles. The topological polar surface area (TPSA) is 53.0 Å².